The number of β-amino-alcohol motifs (C(OH)–C–C–N with tert-alkyl or cyclic N) is 1. The van der Waals surface area contributed by atoms with Gasteiger partial charge in [-0.2, -0.15) is 0 Å². The number of carboxylic acid groups (broad SMARTS) is 2. The Morgan fingerprint density at radius 3 is 1.98 bits per heavy atom. The summed E-state index contributed by atoms with van der Waals surface area (Å²) in [4.78, 5) is 22.9. The zero-order chi connectivity index (χ0) is 34.2. The summed E-state index contributed by atoms with van der Waals surface area (Å²) in [7, 11) is 3.39. The number of hydrogen-bond donors (Lipinski definition) is 3. The Balaban J connectivity index is 0.000000354. The van der Waals surface area contributed by atoms with Crippen LogP contribution in [-0.2, 0) is 0 Å². The highest BCUT2D eigenvalue weighted by Gasteiger charge is 2.27. The molecule has 260 valence electrons. The maximum Gasteiger partial charge on any atom is 0.335 e. The van der Waals surface area contributed by atoms with Crippen molar-refractivity contribution in [3.05, 3.63) is 89.3 Å². The highest BCUT2D eigenvalue weighted by molar-refractivity contribution is 5.91. The predicted molar refractivity (Wildman–Crippen MR) is 178 cm³/mol. The molecule has 14 nitrogen and oxygen atoms in total. The number of carbonyl (C=O) groups is 2. The van der Waals surface area contributed by atoms with Gasteiger partial charge in [0.1, 0.15) is 35.5 Å². The van der Waals surface area contributed by atoms with Gasteiger partial charge in [0.25, 0.3) is 5.89 Å². The van der Waals surface area contributed by atoms with Crippen molar-refractivity contribution in [3.63, 3.8) is 0 Å². The molecule has 0 unspecified atom stereocenters. The van der Waals surface area contributed by atoms with Crippen LogP contribution in [0, 0.1) is 6.92 Å². The van der Waals surface area contributed by atoms with Gasteiger partial charge in [0.15, 0.2) is 5.76 Å². The molecule has 2 aromatic heterocycles. The highest BCUT2D eigenvalue weighted by Crippen LogP contribution is 2.40. The highest BCUT2D eigenvalue weighted by atomic mass is 16.5. The van der Waals surface area contributed by atoms with Gasteiger partial charge in [0.2, 0.25) is 5.89 Å². The lowest BCUT2D eigenvalue weighted by Crippen LogP contribution is -2.40. The van der Waals surface area contributed by atoms with Gasteiger partial charge in [0, 0.05) is 25.1 Å². The van der Waals surface area contributed by atoms with Crippen molar-refractivity contribution in [1.82, 2.24) is 15.1 Å². The average Bonchev–Trinajstić information content (AvgIpc) is 3.74. The number of aromatic nitrogens is 2. The molecule has 5 aromatic rings. The van der Waals surface area contributed by atoms with Gasteiger partial charge in [-0.1, -0.05) is 12.1 Å². The second-order valence-corrected chi connectivity index (χ2v) is 11.2. The van der Waals surface area contributed by atoms with Crippen molar-refractivity contribution >= 4 is 22.9 Å². The number of nitrogens with zero attached hydrogens (tertiary/aromatic N) is 3. The molecule has 1 aliphatic heterocycles. The minimum atomic E-state index is -1.06. The number of ether oxygens (including phenoxy) is 3. The first-order valence-corrected chi connectivity index (χ1v) is 15.3. The molecule has 1 aliphatic rings. The van der Waals surface area contributed by atoms with Crippen LogP contribution >= 0.6 is 0 Å². The van der Waals surface area contributed by atoms with E-state index in [-0.39, 0.29) is 23.2 Å². The quantitative estimate of drug-likeness (QED) is 0.174. The molecule has 0 bridgehead atoms. The van der Waals surface area contributed by atoms with Gasteiger partial charge in [-0.3, -0.25) is 0 Å². The number of piperidine rings is 1. The first-order chi connectivity index (χ1) is 23.2. The van der Waals surface area contributed by atoms with E-state index in [1.807, 2.05) is 42.5 Å². The molecule has 5 N–H and O–H groups in total. The van der Waals surface area contributed by atoms with Crippen LogP contribution < -0.4 is 14.2 Å². The van der Waals surface area contributed by atoms with Crippen molar-refractivity contribution in [1.29, 1.82) is 0 Å². The number of furan rings is 1. The van der Waals surface area contributed by atoms with E-state index in [0.717, 1.165) is 48.4 Å². The summed E-state index contributed by atoms with van der Waals surface area (Å²) < 4.78 is 28.5. The fourth-order valence-corrected chi connectivity index (χ4v) is 5.64. The van der Waals surface area contributed by atoms with Gasteiger partial charge in [0.05, 0.1) is 30.7 Å². The third-order valence-electron chi connectivity index (χ3n) is 8.00. The molecule has 0 amide bonds. The molecule has 3 heterocycles. The smallest absolute Gasteiger partial charge is 0.335 e. The zero-order valence-corrected chi connectivity index (χ0v) is 27.3. The molecule has 1 fully saturated rings. The van der Waals surface area contributed by atoms with E-state index in [2.05, 4.69) is 15.1 Å². The van der Waals surface area contributed by atoms with Crippen molar-refractivity contribution in [2.45, 2.75) is 31.8 Å². The molecule has 6 rings (SSSR count). The van der Waals surface area contributed by atoms with Crippen molar-refractivity contribution in [2.24, 2.45) is 0 Å². The number of aliphatic hydroxyl groups is 1. The Hall–Kier alpha value is -5.44. The summed E-state index contributed by atoms with van der Waals surface area (Å²) >= 11 is 0. The Morgan fingerprint density at radius 2 is 1.45 bits per heavy atom. The topological polar surface area (TPSA) is 209 Å². The number of likely N-dealkylation sites (tertiary alicyclic amines) is 1. The lowest BCUT2D eigenvalue weighted by molar-refractivity contribution is 0.0597. The van der Waals surface area contributed by atoms with E-state index in [1.54, 1.807) is 21.1 Å². The van der Waals surface area contributed by atoms with Crippen LogP contribution in [-0.4, -0.2) is 94.4 Å². The van der Waals surface area contributed by atoms with Crippen LogP contribution in [0.1, 0.15) is 50.9 Å². The normalized spacial score (nSPS) is 13.9. The monoisotopic (exact) mass is 677 g/mol. The van der Waals surface area contributed by atoms with Crippen LogP contribution in [0.15, 0.2) is 75.6 Å². The zero-order valence-electron chi connectivity index (χ0n) is 27.3. The van der Waals surface area contributed by atoms with Crippen LogP contribution in [0.2, 0.25) is 0 Å². The fraction of sp³-hybridized carbons (Fsp3) is 0.314. The lowest BCUT2D eigenvalue weighted by atomic mass is 9.88. The summed E-state index contributed by atoms with van der Waals surface area (Å²) in [5.74, 6) is 1.88. The van der Waals surface area contributed by atoms with Crippen LogP contribution in [0.25, 0.3) is 22.6 Å². The summed E-state index contributed by atoms with van der Waals surface area (Å²) in [6.07, 6.45) is 1.31. The van der Waals surface area contributed by atoms with Crippen molar-refractivity contribution in [3.8, 4) is 28.9 Å². The molecule has 1 atom stereocenters. The van der Waals surface area contributed by atoms with Gasteiger partial charge in [-0.25, -0.2) is 9.59 Å². The Labute approximate surface area is 281 Å². The van der Waals surface area contributed by atoms with Crippen LogP contribution in [0.5, 0.6) is 17.2 Å². The Kier molecular flexibility index (Phi) is 12.3. The van der Waals surface area contributed by atoms with E-state index in [1.165, 1.54) is 24.3 Å². The first-order valence-electron chi connectivity index (χ1n) is 15.3. The molecule has 49 heavy (non-hydrogen) atoms. The summed E-state index contributed by atoms with van der Waals surface area (Å²) in [5, 5.41) is 36.3. The molecule has 0 radical (unpaired) electrons. The van der Waals surface area contributed by atoms with E-state index in [9.17, 15) is 14.7 Å². The standard InChI is InChI=1S/C27H31N3O6.C8H6O4.H2O/c1-17-28-29-27(35-17)25-14-20-21(6-4-7-22(20)36-25)34-16-19(31)15-30-12-10-18(11-13-30)26-23(32-2)8-5-9-24(26)33-3;9-7(10)5-1-2-6(4-3-5)8(11)12;/h4-9,14,18-19,31H,10-13,15-16H2,1-3H3;1-4H,(H,9,10)(H,11,12);1H2/t19-;;/m0../s1. The van der Waals surface area contributed by atoms with Crippen LogP contribution in [0.3, 0.4) is 0 Å². The van der Waals surface area contributed by atoms with Gasteiger partial charge in [-0.05, 0) is 80.4 Å². The van der Waals surface area contributed by atoms with Gasteiger partial charge >= 0.3 is 11.9 Å². The number of fused-ring (bicyclic) bond motifs is 1. The molecule has 14 heteroatoms. The minimum absolute atomic E-state index is 0. The number of methoxy groups -OCH3 is 2. The largest absolute Gasteiger partial charge is 0.496 e. The minimum Gasteiger partial charge on any atom is -0.496 e. The Bertz CT molecular complexity index is 1790. The SMILES string of the molecule is COc1cccc(OC)c1C1CCN(C[C@H](O)COc2cccc3oc(-c4nnc(C)o4)cc23)CC1.O.O=C(O)c1ccc(C(=O)O)cc1. The van der Waals surface area contributed by atoms with E-state index >= 15 is 0 Å². The van der Waals surface area contributed by atoms with Gasteiger partial charge < -0.3 is 48.7 Å². The molecule has 1 saturated heterocycles. The second kappa shape index (κ2) is 16.6. The number of benzene rings is 3. The second-order valence-electron chi connectivity index (χ2n) is 11.2. The molecular weight excluding hydrogens is 638 g/mol. The summed E-state index contributed by atoms with van der Waals surface area (Å²) in [6.45, 7) is 4.22. The molecule has 0 spiro atoms. The van der Waals surface area contributed by atoms with Crippen molar-refractivity contribution in [2.75, 3.05) is 40.5 Å². The summed E-state index contributed by atoms with van der Waals surface area (Å²) in [6, 6.07) is 18.3. The Morgan fingerprint density at radius 1 is 0.878 bits per heavy atom. The molecular formula is C35H39N3O11. The number of aromatic carboxylic acids is 2. The number of aliphatic hydroxyl groups excluding tert-OH is 1. The number of carboxylic acids is 2. The van der Waals surface area contributed by atoms with E-state index in [0.29, 0.717) is 41.3 Å². The van der Waals surface area contributed by atoms with Gasteiger partial charge in [-0.15, -0.1) is 10.2 Å². The van der Waals surface area contributed by atoms with E-state index < -0.39 is 18.0 Å². The van der Waals surface area contributed by atoms with E-state index in [4.69, 9.17) is 33.3 Å². The molecule has 0 aliphatic carbocycles. The number of rotatable bonds is 11. The fourth-order valence-electron chi connectivity index (χ4n) is 5.64. The third-order valence-corrected chi connectivity index (χ3v) is 8.00. The number of hydrogen-bond acceptors (Lipinski definition) is 11. The lowest BCUT2D eigenvalue weighted by Gasteiger charge is -2.34. The number of aryl methyl sites for hydroxylation is 1. The van der Waals surface area contributed by atoms with Crippen molar-refractivity contribution < 1.29 is 53.4 Å². The summed E-state index contributed by atoms with van der Waals surface area (Å²) in [5.41, 5.74) is 1.95. The third kappa shape index (κ3) is 8.93. The average molecular weight is 678 g/mol. The maximum atomic E-state index is 10.7. The maximum absolute atomic E-state index is 10.7. The predicted octanol–water partition coefficient (Wildman–Crippen LogP) is 4.69. The first kappa shape index (κ1) is 36.4. The molecule has 3 aromatic carbocycles. The van der Waals surface area contributed by atoms with Crippen LogP contribution in [0.4, 0.5) is 0 Å². The molecule has 0 saturated carbocycles.